The fourth-order valence-electron chi connectivity index (χ4n) is 3.64. The lowest BCUT2D eigenvalue weighted by Crippen LogP contribution is -2.31. The Morgan fingerprint density at radius 1 is 0.750 bits per heavy atom. The van der Waals surface area contributed by atoms with Crippen molar-refractivity contribution in [2.45, 2.75) is 143 Å². The van der Waals surface area contributed by atoms with Crippen molar-refractivity contribution in [3.63, 3.8) is 0 Å². The molecule has 0 aromatic carbocycles. The molecule has 0 unspecified atom stereocenters. The second kappa shape index (κ2) is 18.9. The quantitative estimate of drug-likeness (QED) is 0.103. The van der Waals surface area contributed by atoms with Gasteiger partial charge in [0.1, 0.15) is 6.10 Å². The predicted molar refractivity (Wildman–Crippen MR) is 127 cm³/mol. The largest absolute Gasteiger partial charge is 0.462 e. The van der Waals surface area contributed by atoms with E-state index in [2.05, 4.69) is 43.6 Å². The number of hydrogen-bond acceptors (Lipinski definition) is 2. The van der Waals surface area contributed by atoms with Gasteiger partial charge in [-0.25, -0.2) is 0 Å². The molecule has 28 heavy (non-hydrogen) atoms. The summed E-state index contributed by atoms with van der Waals surface area (Å²) < 4.78 is 6.06. The lowest BCUT2D eigenvalue weighted by atomic mass is 9.86. The highest BCUT2D eigenvalue weighted by Gasteiger charge is 2.30. The van der Waals surface area contributed by atoms with Crippen LogP contribution in [0.5, 0.6) is 0 Å². The van der Waals surface area contributed by atoms with Gasteiger partial charge in [0, 0.05) is 5.33 Å². The Morgan fingerprint density at radius 3 is 1.71 bits per heavy atom. The summed E-state index contributed by atoms with van der Waals surface area (Å²) in [6, 6.07) is 0. The van der Waals surface area contributed by atoms with Gasteiger partial charge in [-0.2, -0.15) is 0 Å². The Morgan fingerprint density at radius 2 is 1.21 bits per heavy atom. The third-order valence-electron chi connectivity index (χ3n) is 5.77. The smallest absolute Gasteiger partial charge is 0.311 e. The minimum atomic E-state index is -0.350. The molecule has 0 aliphatic heterocycles. The highest BCUT2D eigenvalue weighted by Crippen LogP contribution is 2.28. The van der Waals surface area contributed by atoms with E-state index >= 15 is 0 Å². The molecule has 0 atom stereocenters. The molecule has 0 saturated carbocycles. The molecular formula is C25H49BrO2. The van der Waals surface area contributed by atoms with Crippen LogP contribution in [-0.2, 0) is 9.53 Å². The number of unbranched alkanes of at least 4 members (excludes halogenated alkanes) is 11. The number of rotatable bonds is 20. The average molecular weight is 462 g/mol. The summed E-state index contributed by atoms with van der Waals surface area (Å²) in [6.45, 7) is 8.64. The summed E-state index contributed by atoms with van der Waals surface area (Å²) in [6.07, 6.45) is 20.7. The van der Waals surface area contributed by atoms with Crippen LogP contribution in [0.4, 0.5) is 0 Å². The summed E-state index contributed by atoms with van der Waals surface area (Å²) in [5.74, 6) is 0.0279. The molecule has 0 aliphatic rings. The van der Waals surface area contributed by atoms with E-state index in [1.165, 1.54) is 83.5 Å². The molecule has 0 bridgehead atoms. The molecule has 0 aromatic rings. The molecule has 0 heterocycles. The van der Waals surface area contributed by atoms with Gasteiger partial charge >= 0.3 is 5.97 Å². The number of alkyl halides is 1. The Hall–Kier alpha value is -0.0500. The highest BCUT2D eigenvalue weighted by atomic mass is 79.9. The number of ether oxygens (including phenoxy) is 1. The number of halogens is 1. The first kappa shape index (κ1) is 27.9. The first-order valence-corrected chi connectivity index (χ1v) is 13.4. The molecule has 2 nitrogen and oxygen atoms in total. The molecular weight excluding hydrogens is 412 g/mol. The van der Waals surface area contributed by atoms with Crippen LogP contribution < -0.4 is 0 Å². The van der Waals surface area contributed by atoms with E-state index in [0.717, 1.165) is 31.0 Å². The zero-order chi connectivity index (χ0) is 21.1. The minimum absolute atomic E-state index is 0.0279. The fraction of sp³-hybridized carbons (Fsp3) is 0.960. The molecule has 0 fully saturated rings. The Bertz CT molecular complexity index is 340. The third-order valence-corrected chi connectivity index (χ3v) is 6.33. The monoisotopic (exact) mass is 460 g/mol. The normalized spacial score (nSPS) is 11.9. The van der Waals surface area contributed by atoms with Gasteiger partial charge in [-0.3, -0.25) is 4.79 Å². The molecule has 0 saturated heterocycles. The Balaban J connectivity index is 4.37. The van der Waals surface area contributed by atoms with Crippen molar-refractivity contribution in [3.8, 4) is 0 Å². The van der Waals surface area contributed by atoms with Crippen LogP contribution >= 0.6 is 15.9 Å². The fourth-order valence-corrected chi connectivity index (χ4v) is 4.04. The maximum absolute atomic E-state index is 12.8. The number of carbonyl (C=O) groups is 1. The second-order valence-electron chi connectivity index (χ2n) is 9.17. The lowest BCUT2D eigenvalue weighted by Gasteiger charge is -2.27. The summed E-state index contributed by atoms with van der Waals surface area (Å²) in [5.41, 5.74) is -0.350. The molecule has 0 radical (unpaired) electrons. The Labute approximate surface area is 185 Å². The standard InChI is InChI=1S/C25H49BrO2/c1-5-7-9-11-15-19-23(20-16-12-10-8-6-2)28-24(27)25(3,4)21-17-13-14-18-22-26/h23H,5-22H2,1-4H3. The molecule has 0 spiro atoms. The van der Waals surface area contributed by atoms with Crippen LogP contribution in [0.15, 0.2) is 0 Å². The molecule has 0 rings (SSSR count). The van der Waals surface area contributed by atoms with Crippen molar-refractivity contribution >= 4 is 21.9 Å². The van der Waals surface area contributed by atoms with E-state index in [1.807, 2.05) is 0 Å². The molecule has 168 valence electrons. The lowest BCUT2D eigenvalue weighted by molar-refractivity contribution is -0.161. The van der Waals surface area contributed by atoms with Gasteiger partial charge in [0.25, 0.3) is 0 Å². The molecule has 3 heteroatoms. The maximum Gasteiger partial charge on any atom is 0.311 e. The van der Waals surface area contributed by atoms with E-state index in [9.17, 15) is 4.79 Å². The molecule has 0 aliphatic carbocycles. The van der Waals surface area contributed by atoms with E-state index < -0.39 is 0 Å². The second-order valence-corrected chi connectivity index (χ2v) is 9.96. The third kappa shape index (κ3) is 15.8. The van der Waals surface area contributed by atoms with Crippen molar-refractivity contribution in [1.29, 1.82) is 0 Å². The molecule has 0 amide bonds. The van der Waals surface area contributed by atoms with Crippen LogP contribution in [0.1, 0.15) is 137 Å². The van der Waals surface area contributed by atoms with E-state index in [1.54, 1.807) is 0 Å². The highest BCUT2D eigenvalue weighted by molar-refractivity contribution is 9.09. The van der Waals surface area contributed by atoms with Crippen LogP contribution in [0.3, 0.4) is 0 Å². The number of esters is 1. The summed E-state index contributed by atoms with van der Waals surface area (Å²) >= 11 is 3.49. The van der Waals surface area contributed by atoms with Gasteiger partial charge in [-0.1, -0.05) is 100 Å². The van der Waals surface area contributed by atoms with Crippen molar-refractivity contribution in [3.05, 3.63) is 0 Å². The van der Waals surface area contributed by atoms with Crippen LogP contribution in [0.2, 0.25) is 0 Å². The zero-order valence-corrected chi connectivity index (χ0v) is 21.1. The van der Waals surface area contributed by atoms with Crippen LogP contribution in [0, 0.1) is 5.41 Å². The molecule has 0 N–H and O–H groups in total. The van der Waals surface area contributed by atoms with E-state index in [-0.39, 0.29) is 17.5 Å². The van der Waals surface area contributed by atoms with E-state index in [4.69, 9.17) is 4.74 Å². The minimum Gasteiger partial charge on any atom is -0.462 e. The number of hydrogen-bond donors (Lipinski definition) is 0. The van der Waals surface area contributed by atoms with Crippen LogP contribution in [-0.4, -0.2) is 17.4 Å². The van der Waals surface area contributed by atoms with Crippen molar-refractivity contribution in [2.75, 3.05) is 5.33 Å². The van der Waals surface area contributed by atoms with Gasteiger partial charge in [0.05, 0.1) is 5.41 Å². The SMILES string of the molecule is CCCCCCCC(CCCCCCC)OC(=O)C(C)(C)CCCCCCBr. The maximum atomic E-state index is 12.8. The Kier molecular flexibility index (Phi) is 18.9. The summed E-state index contributed by atoms with van der Waals surface area (Å²) in [7, 11) is 0. The predicted octanol–water partition coefficient (Wildman–Crippen LogP) is 8.99. The van der Waals surface area contributed by atoms with Gasteiger partial charge in [-0.05, 0) is 52.4 Å². The number of carbonyl (C=O) groups excluding carboxylic acids is 1. The van der Waals surface area contributed by atoms with Gasteiger partial charge in [0.2, 0.25) is 0 Å². The topological polar surface area (TPSA) is 26.3 Å². The average Bonchev–Trinajstić information content (AvgIpc) is 2.67. The van der Waals surface area contributed by atoms with Gasteiger partial charge in [-0.15, -0.1) is 0 Å². The van der Waals surface area contributed by atoms with Crippen molar-refractivity contribution in [1.82, 2.24) is 0 Å². The van der Waals surface area contributed by atoms with Crippen LogP contribution in [0.25, 0.3) is 0 Å². The first-order valence-electron chi connectivity index (χ1n) is 12.2. The van der Waals surface area contributed by atoms with Gasteiger partial charge in [0.15, 0.2) is 0 Å². The van der Waals surface area contributed by atoms with Gasteiger partial charge < -0.3 is 4.74 Å². The summed E-state index contributed by atoms with van der Waals surface area (Å²) in [4.78, 5) is 12.8. The summed E-state index contributed by atoms with van der Waals surface area (Å²) in [5, 5.41) is 1.08. The zero-order valence-electron chi connectivity index (χ0n) is 19.5. The van der Waals surface area contributed by atoms with Crippen molar-refractivity contribution in [2.24, 2.45) is 5.41 Å². The van der Waals surface area contributed by atoms with E-state index in [0.29, 0.717) is 0 Å². The first-order chi connectivity index (χ1) is 13.5. The molecule has 0 aromatic heterocycles. The van der Waals surface area contributed by atoms with Crippen molar-refractivity contribution < 1.29 is 9.53 Å².